The number of imidazole rings is 1. The summed E-state index contributed by atoms with van der Waals surface area (Å²) in [6.45, 7) is 3.37. The van der Waals surface area contributed by atoms with Crippen molar-refractivity contribution in [1.29, 1.82) is 0 Å². The second-order valence-corrected chi connectivity index (χ2v) is 6.98. The lowest BCUT2D eigenvalue weighted by atomic mass is 10.1. The average molecular weight is 348 g/mol. The van der Waals surface area contributed by atoms with Crippen molar-refractivity contribution < 1.29 is 4.79 Å². The molecule has 134 valence electrons. The van der Waals surface area contributed by atoms with Crippen LogP contribution in [0.2, 0.25) is 0 Å². The molecule has 1 aliphatic heterocycles. The lowest BCUT2D eigenvalue weighted by Crippen LogP contribution is -2.23. The van der Waals surface area contributed by atoms with Crippen LogP contribution in [-0.4, -0.2) is 33.3 Å². The standard InChI is InChI=1S/C21H24N4O/c26-21(18-7-10-20-13-22-16-25(20)15-18)23-19-8-5-17(6-9-19)14-24-11-3-1-2-4-12-24/h5-10,13,15-16H,1-4,11-12,14H2,(H,23,26). The molecule has 0 radical (unpaired) electrons. The van der Waals surface area contributed by atoms with Gasteiger partial charge < -0.3 is 9.72 Å². The van der Waals surface area contributed by atoms with Crippen molar-refractivity contribution in [3.8, 4) is 0 Å². The molecule has 1 amide bonds. The second-order valence-electron chi connectivity index (χ2n) is 6.98. The molecule has 0 unspecified atom stereocenters. The summed E-state index contributed by atoms with van der Waals surface area (Å²) >= 11 is 0. The molecule has 26 heavy (non-hydrogen) atoms. The number of hydrogen-bond donors (Lipinski definition) is 1. The summed E-state index contributed by atoms with van der Waals surface area (Å²) in [5, 5.41) is 2.97. The highest BCUT2D eigenvalue weighted by molar-refractivity contribution is 6.04. The van der Waals surface area contributed by atoms with E-state index in [2.05, 4.69) is 27.3 Å². The minimum Gasteiger partial charge on any atom is -0.322 e. The Morgan fingerprint density at radius 3 is 2.54 bits per heavy atom. The molecule has 1 fully saturated rings. The van der Waals surface area contributed by atoms with Crippen LogP contribution in [-0.2, 0) is 6.54 Å². The van der Waals surface area contributed by atoms with Crippen LogP contribution in [0.1, 0.15) is 41.6 Å². The summed E-state index contributed by atoms with van der Waals surface area (Å²) in [5.74, 6) is -0.110. The Kier molecular flexibility index (Phi) is 4.97. The van der Waals surface area contributed by atoms with Gasteiger partial charge in [0.2, 0.25) is 0 Å². The maximum Gasteiger partial charge on any atom is 0.257 e. The van der Waals surface area contributed by atoms with Gasteiger partial charge in [0, 0.05) is 18.4 Å². The summed E-state index contributed by atoms with van der Waals surface area (Å²) in [5.41, 5.74) is 3.70. The first-order valence-electron chi connectivity index (χ1n) is 9.32. The number of fused-ring (bicyclic) bond motifs is 1. The van der Waals surface area contributed by atoms with Crippen molar-refractivity contribution in [2.24, 2.45) is 0 Å². The van der Waals surface area contributed by atoms with E-state index in [9.17, 15) is 4.79 Å². The van der Waals surface area contributed by atoms with E-state index in [1.165, 1.54) is 44.3 Å². The molecule has 4 rings (SSSR count). The van der Waals surface area contributed by atoms with Gasteiger partial charge in [-0.15, -0.1) is 0 Å². The van der Waals surface area contributed by atoms with E-state index in [1.807, 2.05) is 28.7 Å². The zero-order valence-electron chi connectivity index (χ0n) is 14.9. The fourth-order valence-corrected chi connectivity index (χ4v) is 3.50. The molecule has 5 heteroatoms. The Bertz CT molecular complexity index is 876. The summed E-state index contributed by atoms with van der Waals surface area (Å²) in [7, 11) is 0. The zero-order chi connectivity index (χ0) is 17.8. The van der Waals surface area contributed by atoms with E-state index in [4.69, 9.17) is 0 Å². The number of nitrogens with zero attached hydrogens (tertiary/aromatic N) is 3. The number of rotatable bonds is 4. The number of aromatic nitrogens is 2. The van der Waals surface area contributed by atoms with Gasteiger partial charge in [-0.3, -0.25) is 9.69 Å². The molecular formula is C21H24N4O. The van der Waals surface area contributed by atoms with Crippen LogP contribution >= 0.6 is 0 Å². The summed E-state index contributed by atoms with van der Waals surface area (Å²) in [4.78, 5) is 19.1. The summed E-state index contributed by atoms with van der Waals surface area (Å²) in [6, 6.07) is 11.9. The van der Waals surface area contributed by atoms with Gasteiger partial charge in [-0.1, -0.05) is 25.0 Å². The molecule has 0 bridgehead atoms. The van der Waals surface area contributed by atoms with Crippen molar-refractivity contribution in [2.75, 3.05) is 18.4 Å². The molecule has 0 spiro atoms. The number of carbonyl (C=O) groups is 1. The largest absolute Gasteiger partial charge is 0.322 e. The minimum atomic E-state index is -0.110. The Balaban J connectivity index is 1.39. The van der Waals surface area contributed by atoms with Crippen LogP contribution in [0.3, 0.4) is 0 Å². The molecule has 1 N–H and O–H groups in total. The van der Waals surface area contributed by atoms with Crippen molar-refractivity contribution >= 4 is 17.1 Å². The SMILES string of the molecule is O=C(Nc1ccc(CN2CCCCCC2)cc1)c1ccc2cncn2c1. The fraction of sp³-hybridized carbons (Fsp3) is 0.333. The van der Waals surface area contributed by atoms with Gasteiger partial charge in [0.15, 0.2) is 0 Å². The molecule has 3 aromatic rings. The van der Waals surface area contributed by atoms with Crippen molar-refractivity contribution in [3.63, 3.8) is 0 Å². The second kappa shape index (κ2) is 7.70. The van der Waals surface area contributed by atoms with Gasteiger partial charge in [0.05, 0.1) is 23.6 Å². The van der Waals surface area contributed by atoms with Crippen LogP contribution in [0.25, 0.3) is 5.52 Å². The number of anilines is 1. The first kappa shape index (κ1) is 16.8. The third-order valence-electron chi connectivity index (χ3n) is 4.99. The Morgan fingerprint density at radius 1 is 1.00 bits per heavy atom. The molecule has 3 heterocycles. The van der Waals surface area contributed by atoms with Crippen molar-refractivity contribution in [1.82, 2.24) is 14.3 Å². The Hall–Kier alpha value is -2.66. The van der Waals surface area contributed by atoms with Gasteiger partial charge in [0.1, 0.15) is 0 Å². The van der Waals surface area contributed by atoms with E-state index in [-0.39, 0.29) is 5.91 Å². The minimum absolute atomic E-state index is 0.110. The fourth-order valence-electron chi connectivity index (χ4n) is 3.50. The first-order chi connectivity index (χ1) is 12.8. The number of carbonyl (C=O) groups excluding carboxylic acids is 1. The van der Waals surface area contributed by atoms with Crippen molar-refractivity contribution in [3.05, 3.63) is 66.2 Å². The molecule has 1 aliphatic rings. The van der Waals surface area contributed by atoms with E-state index < -0.39 is 0 Å². The summed E-state index contributed by atoms with van der Waals surface area (Å²) in [6.07, 6.45) is 10.6. The highest BCUT2D eigenvalue weighted by Crippen LogP contribution is 2.16. The third kappa shape index (κ3) is 3.94. The molecule has 2 aromatic heterocycles. The molecule has 5 nitrogen and oxygen atoms in total. The van der Waals surface area contributed by atoms with Crippen LogP contribution in [0.15, 0.2) is 55.1 Å². The lowest BCUT2D eigenvalue weighted by Gasteiger charge is -2.19. The van der Waals surface area contributed by atoms with Crippen LogP contribution in [0.5, 0.6) is 0 Å². The van der Waals surface area contributed by atoms with Gasteiger partial charge in [-0.25, -0.2) is 4.98 Å². The molecule has 1 aromatic carbocycles. The first-order valence-corrected chi connectivity index (χ1v) is 9.32. The van der Waals surface area contributed by atoms with Crippen LogP contribution in [0.4, 0.5) is 5.69 Å². The van der Waals surface area contributed by atoms with Crippen LogP contribution < -0.4 is 5.32 Å². The predicted octanol–water partition coefficient (Wildman–Crippen LogP) is 3.96. The van der Waals surface area contributed by atoms with Gasteiger partial charge in [0.25, 0.3) is 5.91 Å². The number of amides is 1. The monoisotopic (exact) mass is 348 g/mol. The normalized spacial score (nSPS) is 15.7. The number of nitrogens with one attached hydrogen (secondary N) is 1. The van der Waals surface area contributed by atoms with Crippen LogP contribution in [0, 0.1) is 0 Å². The predicted molar refractivity (Wildman–Crippen MR) is 103 cm³/mol. The third-order valence-corrected chi connectivity index (χ3v) is 4.99. The van der Waals surface area contributed by atoms with E-state index >= 15 is 0 Å². The van der Waals surface area contributed by atoms with Gasteiger partial charge >= 0.3 is 0 Å². The quantitative estimate of drug-likeness (QED) is 0.776. The van der Waals surface area contributed by atoms with Gasteiger partial charge in [-0.05, 0) is 55.8 Å². The highest BCUT2D eigenvalue weighted by atomic mass is 16.1. The Labute approximate surface area is 153 Å². The number of hydrogen-bond acceptors (Lipinski definition) is 3. The molecule has 0 saturated carbocycles. The van der Waals surface area contributed by atoms with E-state index in [1.54, 1.807) is 18.7 Å². The topological polar surface area (TPSA) is 49.6 Å². The maximum absolute atomic E-state index is 12.5. The Morgan fingerprint density at radius 2 is 1.77 bits per heavy atom. The smallest absolute Gasteiger partial charge is 0.257 e. The van der Waals surface area contributed by atoms with E-state index in [0.717, 1.165) is 17.7 Å². The van der Waals surface area contributed by atoms with Gasteiger partial charge in [-0.2, -0.15) is 0 Å². The zero-order valence-corrected chi connectivity index (χ0v) is 14.9. The number of likely N-dealkylation sites (tertiary alicyclic amines) is 1. The maximum atomic E-state index is 12.5. The molecule has 1 saturated heterocycles. The van der Waals surface area contributed by atoms with E-state index in [0.29, 0.717) is 5.56 Å². The molecule has 0 atom stereocenters. The average Bonchev–Trinajstić information content (AvgIpc) is 2.99. The number of benzene rings is 1. The highest BCUT2D eigenvalue weighted by Gasteiger charge is 2.10. The lowest BCUT2D eigenvalue weighted by molar-refractivity contribution is 0.102. The molecular weight excluding hydrogens is 324 g/mol. The van der Waals surface area contributed by atoms with Crippen molar-refractivity contribution in [2.45, 2.75) is 32.2 Å². The molecule has 0 aliphatic carbocycles. The number of pyridine rings is 1. The summed E-state index contributed by atoms with van der Waals surface area (Å²) < 4.78 is 1.85.